The first-order chi connectivity index (χ1) is 11.6. The van der Waals surface area contributed by atoms with Gasteiger partial charge in [-0.1, -0.05) is 0 Å². The SMILES string of the molecule is C[C@H](C(=O)N1CCCC1)N1CCC(C(=O)NCc2ccco2)CC1. The summed E-state index contributed by atoms with van der Waals surface area (Å²) in [5, 5.41) is 2.94. The zero-order chi connectivity index (χ0) is 16.9. The smallest absolute Gasteiger partial charge is 0.239 e. The number of nitrogens with one attached hydrogen (secondary N) is 1. The fraction of sp³-hybridized carbons (Fsp3) is 0.667. The summed E-state index contributed by atoms with van der Waals surface area (Å²) in [4.78, 5) is 29.0. The van der Waals surface area contributed by atoms with Crippen molar-refractivity contribution in [3.05, 3.63) is 24.2 Å². The molecule has 0 aromatic carbocycles. The Bertz CT molecular complexity index is 544. The third kappa shape index (κ3) is 3.98. The van der Waals surface area contributed by atoms with Gasteiger partial charge in [0.2, 0.25) is 11.8 Å². The van der Waals surface area contributed by atoms with Crippen molar-refractivity contribution >= 4 is 11.8 Å². The van der Waals surface area contributed by atoms with E-state index in [9.17, 15) is 9.59 Å². The Hall–Kier alpha value is -1.82. The molecule has 2 aliphatic heterocycles. The van der Waals surface area contributed by atoms with Crippen LogP contribution in [-0.4, -0.2) is 53.8 Å². The summed E-state index contributed by atoms with van der Waals surface area (Å²) in [7, 11) is 0. The van der Waals surface area contributed by atoms with Gasteiger partial charge in [-0.2, -0.15) is 0 Å². The maximum Gasteiger partial charge on any atom is 0.239 e. The van der Waals surface area contributed by atoms with E-state index in [1.54, 1.807) is 6.26 Å². The molecule has 2 saturated heterocycles. The molecule has 0 bridgehead atoms. The van der Waals surface area contributed by atoms with E-state index in [0.717, 1.165) is 57.6 Å². The number of likely N-dealkylation sites (tertiary alicyclic amines) is 2. The van der Waals surface area contributed by atoms with E-state index in [2.05, 4.69) is 10.2 Å². The first-order valence-electron chi connectivity index (χ1n) is 8.98. The molecule has 6 nitrogen and oxygen atoms in total. The van der Waals surface area contributed by atoms with Gasteiger partial charge in [-0.15, -0.1) is 0 Å². The largest absolute Gasteiger partial charge is 0.467 e. The minimum Gasteiger partial charge on any atom is -0.467 e. The highest BCUT2D eigenvalue weighted by molar-refractivity contribution is 5.82. The molecule has 0 aliphatic carbocycles. The number of furan rings is 1. The molecule has 0 spiro atoms. The van der Waals surface area contributed by atoms with Gasteiger partial charge in [0.05, 0.1) is 18.8 Å². The van der Waals surface area contributed by atoms with Crippen molar-refractivity contribution in [3.8, 4) is 0 Å². The second kappa shape index (κ2) is 7.83. The topological polar surface area (TPSA) is 65.8 Å². The zero-order valence-corrected chi connectivity index (χ0v) is 14.4. The van der Waals surface area contributed by atoms with Crippen molar-refractivity contribution in [2.75, 3.05) is 26.2 Å². The predicted molar refractivity (Wildman–Crippen MR) is 90.1 cm³/mol. The molecule has 2 fully saturated rings. The van der Waals surface area contributed by atoms with Crippen molar-refractivity contribution in [3.63, 3.8) is 0 Å². The average Bonchev–Trinajstić information content (AvgIpc) is 3.32. The van der Waals surface area contributed by atoms with Crippen molar-refractivity contribution in [1.82, 2.24) is 15.1 Å². The molecular formula is C18H27N3O3. The minimum atomic E-state index is -0.0739. The summed E-state index contributed by atoms with van der Waals surface area (Å²) in [5.41, 5.74) is 0. The van der Waals surface area contributed by atoms with Crippen LogP contribution in [0.2, 0.25) is 0 Å². The highest BCUT2D eigenvalue weighted by atomic mass is 16.3. The van der Waals surface area contributed by atoms with Crippen LogP contribution in [0.5, 0.6) is 0 Å². The molecule has 3 rings (SSSR count). The normalized spacial score (nSPS) is 21.0. The van der Waals surface area contributed by atoms with Crippen LogP contribution in [-0.2, 0) is 16.1 Å². The fourth-order valence-electron chi connectivity index (χ4n) is 3.64. The number of amides is 2. The Morgan fingerprint density at radius 3 is 2.58 bits per heavy atom. The first kappa shape index (κ1) is 17.0. The summed E-state index contributed by atoms with van der Waals surface area (Å²) in [6.07, 6.45) is 5.47. The lowest BCUT2D eigenvalue weighted by atomic mass is 9.95. The lowest BCUT2D eigenvalue weighted by Crippen LogP contribution is -2.50. The zero-order valence-electron chi connectivity index (χ0n) is 14.4. The number of rotatable bonds is 5. The van der Waals surface area contributed by atoms with Crippen LogP contribution in [0, 0.1) is 5.92 Å². The molecule has 0 radical (unpaired) electrons. The number of nitrogens with zero attached hydrogens (tertiary/aromatic N) is 2. The molecule has 1 atom stereocenters. The van der Waals surface area contributed by atoms with Crippen LogP contribution >= 0.6 is 0 Å². The van der Waals surface area contributed by atoms with Gasteiger partial charge in [-0.25, -0.2) is 0 Å². The van der Waals surface area contributed by atoms with Crippen LogP contribution in [0.25, 0.3) is 0 Å². The molecule has 0 saturated carbocycles. The third-order valence-electron chi connectivity index (χ3n) is 5.24. The van der Waals surface area contributed by atoms with Crippen LogP contribution in [0.3, 0.4) is 0 Å². The highest BCUT2D eigenvalue weighted by Crippen LogP contribution is 2.21. The number of hydrogen-bond acceptors (Lipinski definition) is 4. The lowest BCUT2D eigenvalue weighted by Gasteiger charge is -2.36. The van der Waals surface area contributed by atoms with Gasteiger partial charge in [-0.05, 0) is 57.8 Å². The molecule has 1 N–H and O–H groups in total. The first-order valence-corrected chi connectivity index (χ1v) is 8.98. The van der Waals surface area contributed by atoms with Gasteiger partial charge >= 0.3 is 0 Å². The van der Waals surface area contributed by atoms with Crippen LogP contribution in [0.15, 0.2) is 22.8 Å². The molecular weight excluding hydrogens is 306 g/mol. The fourth-order valence-corrected chi connectivity index (χ4v) is 3.64. The van der Waals surface area contributed by atoms with Gasteiger partial charge in [0.1, 0.15) is 5.76 Å². The molecule has 6 heteroatoms. The number of carbonyl (C=O) groups excluding carboxylic acids is 2. The maximum absolute atomic E-state index is 12.5. The van der Waals surface area contributed by atoms with E-state index in [1.807, 2.05) is 24.0 Å². The van der Waals surface area contributed by atoms with E-state index in [0.29, 0.717) is 6.54 Å². The van der Waals surface area contributed by atoms with Crippen molar-refractivity contribution in [1.29, 1.82) is 0 Å². The second-order valence-electron chi connectivity index (χ2n) is 6.82. The summed E-state index contributed by atoms with van der Waals surface area (Å²) in [6.45, 7) is 5.84. The molecule has 2 amide bonds. The van der Waals surface area contributed by atoms with E-state index in [-0.39, 0.29) is 23.8 Å². The second-order valence-corrected chi connectivity index (χ2v) is 6.82. The molecule has 132 valence electrons. The molecule has 2 aliphatic rings. The van der Waals surface area contributed by atoms with Crippen LogP contribution in [0.4, 0.5) is 0 Å². The van der Waals surface area contributed by atoms with Gasteiger partial charge in [0.25, 0.3) is 0 Å². The Morgan fingerprint density at radius 2 is 1.96 bits per heavy atom. The van der Waals surface area contributed by atoms with Crippen LogP contribution in [0.1, 0.15) is 38.4 Å². The van der Waals surface area contributed by atoms with Gasteiger partial charge < -0.3 is 14.6 Å². The summed E-state index contributed by atoms with van der Waals surface area (Å²) in [6, 6.07) is 3.60. The van der Waals surface area contributed by atoms with Gasteiger partial charge in [0, 0.05) is 19.0 Å². The maximum atomic E-state index is 12.5. The number of piperidine rings is 1. The quantitative estimate of drug-likeness (QED) is 0.889. The standard InChI is InChI=1S/C18H27N3O3/c1-14(18(23)21-8-2-3-9-21)20-10-6-15(7-11-20)17(22)19-13-16-5-4-12-24-16/h4-5,12,14-15H,2-3,6-11,13H2,1H3,(H,19,22)/t14-/m1/s1. The minimum absolute atomic E-state index is 0.0327. The van der Waals surface area contributed by atoms with Crippen molar-refractivity contribution in [2.24, 2.45) is 5.92 Å². The van der Waals surface area contributed by atoms with E-state index in [1.165, 1.54) is 0 Å². The van der Waals surface area contributed by atoms with E-state index < -0.39 is 0 Å². The highest BCUT2D eigenvalue weighted by Gasteiger charge is 2.32. The summed E-state index contributed by atoms with van der Waals surface area (Å²) < 4.78 is 5.23. The molecule has 1 aromatic heterocycles. The molecule has 0 unspecified atom stereocenters. The Labute approximate surface area is 143 Å². The predicted octanol–water partition coefficient (Wildman–Crippen LogP) is 1.62. The Balaban J connectivity index is 1.43. The Kier molecular flexibility index (Phi) is 5.56. The average molecular weight is 333 g/mol. The van der Waals surface area contributed by atoms with Crippen molar-refractivity contribution in [2.45, 2.75) is 45.2 Å². The summed E-state index contributed by atoms with van der Waals surface area (Å²) in [5.74, 6) is 1.13. The van der Waals surface area contributed by atoms with Crippen molar-refractivity contribution < 1.29 is 14.0 Å². The third-order valence-corrected chi connectivity index (χ3v) is 5.24. The Morgan fingerprint density at radius 1 is 1.25 bits per heavy atom. The number of hydrogen-bond donors (Lipinski definition) is 1. The molecule has 3 heterocycles. The number of carbonyl (C=O) groups is 2. The van der Waals surface area contributed by atoms with Gasteiger partial charge in [0.15, 0.2) is 0 Å². The van der Waals surface area contributed by atoms with E-state index >= 15 is 0 Å². The monoisotopic (exact) mass is 333 g/mol. The molecule has 24 heavy (non-hydrogen) atoms. The molecule has 1 aromatic rings. The van der Waals surface area contributed by atoms with E-state index in [4.69, 9.17) is 4.42 Å². The lowest BCUT2D eigenvalue weighted by molar-refractivity contribution is -0.136. The van der Waals surface area contributed by atoms with Crippen LogP contribution < -0.4 is 5.32 Å². The van der Waals surface area contributed by atoms with Gasteiger partial charge in [-0.3, -0.25) is 14.5 Å². The summed E-state index contributed by atoms with van der Waals surface area (Å²) >= 11 is 0.